The minimum absolute atomic E-state index is 0.326. The highest BCUT2D eigenvalue weighted by Crippen LogP contribution is 2.09. The first-order valence-corrected chi connectivity index (χ1v) is 5.22. The van der Waals surface area contributed by atoms with Crippen molar-refractivity contribution in [1.29, 1.82) is 5.26 Å². The Kier molecular flexibility index (Phi) is 4.32. The molecular formula is C11H18N4. The van der Waals surface area contributed by atoms with Gasteiger partial charge in [-0.05, 0) is 13.5 Å². The van der Waals surface area contributed by atoms with E-state index < -0.39 is 0 Å². The van der Waals surface area contributed by atoms with Crippen LogP contribution in [-0.2, 0) is 13.6 Å². The Hall–Kier alpha value is -1.34. The summed E-state index contributed by atoms with van der Waals surface area (Å²) in [6.45, 7) is 2.90. The van der Waals surface area contributed by atoms with Gasteiger partial charge in [-0.1, -0.05) is 6.92 Å². The molecule has 0 aromatic carbocycles. The van der Waals surface area contributed by atoms with Crippen LogP contribution in [0.4, 0.5) is 0 Å². The van der Waals surface area contributed by atoms with Crippen molar-refractivity contribution in [3.05, 3.63) is 18.2 Å². The standard InChI is InChI=1S/C11H18N4/c1-4-10(5-6-12)15(3)9-11-13-7-8-14(11)2/h7-8,10H,4-5,9H2,1-3H3. The zero-order chi connectivity index (χ0) is 11.3. The predicted octanol–water partition coefficient (Wildman–Crippen LogP) is 1.54. The topological polar surface area (TPSA) is 44.9 Å². The van der Waals surface area contributed by atoms with E-state index in [0.717, 1.165) is 18.8 Å². The summed E-state index contributed by atoms with van der Waals surface area (Å²) >= 11 is 0. The average Bonchev–Trinajstić information content (AvgIpc) is 2.60. The zero-order valence-electron chi connectivity index (χ0n) is 9.64. The highest BCUT2D eigenvalue weighted by molar-refractivity contribution is 4.92. The van der Waals surface area contributed by atoms with Crippen LogP contribution in [0, 0.1) is 11.3 Å². The zero-order valence-corrected chi connectivity index (χ0v) is 9.64. The van der Waals surface area contributed by atoms with Gasteiger partial charge in [0.2, 0.25) is 0 Å². The van der Waals surface area contributed by atoms with Crippen molar-refractivity contribution < 1.29 is 0 Å². The second-order valence-electron chi connectivity index (χ2n) is 3.79. The molecule has 0 bridgehead atoms. The summed E-state index contributed by atoms with van der Waals surface area (Å²) in [5.74, 6) is 1.04. The number of nitriles is 1. The lowest BCUT2D eigenvalue weighted by molar-refractivity contribution is 0.223. The molecule has 82 valence electrons. The van der Waals surface area contributed by atoms with Crippen LogP contribution in [0.25, 0.3) is 0 Å². The fourth-order valence-corrected chi connectivity index (χ4v) is 1.62. The molecule has 0 amide bonds. The Bertz CT molecular complexity index is 337. The van der Waals surface area contributed by atoms with Gasteiger partial charge in [0.1, 0.15) is 5.82 Å². The molecule has 1 unspecified atom stereocenters. The quantitative estimate of drug-likeness (QED) is 0.734. The van der Waals surface area contributed by atoms with Gasteiger partial charge in [-0.25, -0.2) is 4.98 Å². The summed E-state index contributed by atoms with van der Waals surface area (Å²) in [5.41, 5.74) is 0. The molecule has 1 heterocycles. The summed E-state index contributed by atoms with van der Waals surface area (Å²) in [5, 5.41) is 8.70. The normalized spacial score (nSPS) is 12.7. The monoisotopic (exact) mass is 206 g/mol. The number of imidazole rings is 1. The van der Waals surface area contributed by atoms with Gasteiger partial charge in [0, 0.05) is 25.5 Å². The number of rotatable bonds is 5. The van der Waals surface area contributed by atoms with Crippen LogP contribution in [0.2, 0.25) is 0 Å². The van der Waals surface area contributed by atoms with Gasteiger partial charge in [0.05, 0.1) is 19.0 Å². The van der Waals surface area contributed by atoms with Crippen LogP contribution < -0.4 is 0 Å². The largest absolute Gasteiger partial charge is 0.337 e. The molecule has 0 aliphatic heterocycles. The van der Waals surface area contributed by atoms with Crippen LogP contribution in [-0.4, -0.2) is 27.5 Å². The van der Waals surface area contributed by atoms with E-state index in [4.69, 9.17) is 5.26 Å². The number of aryl methyl sites for hydroxylation is 1. The maximum absolute atomic E-state index is 8.70. The molecule has 1 atom stereocenters. The van der Waals surface area contributed by atoms with Gasteiger partial charge >= 0.3 is 0 Å². The SMILES string of the molecule is CCC(CC#N)N(C)Cc1nccn1C. The van der Waals surface area contributed by atoms with Crippen molar-refractivity contribution >= 4 is 0 Å². The van der Waals surface area contributed by atoms with E-state index in [2.05, 4.69) is 22.9 Å². The minimum Gasteiger partial charge on any atom is -0.337 e. The molecule has 0 saturated heterocycles. The average molecular weight is 206 g/mol. The Balaban J connectivity index is 2.58. The third-order valence-corrected chi connectivity index (χ3v) is 2.73. The molecule has 0 N–H and O–H groups in total. The van der Waals surface area contributed by atoms with Crippen molar-refractivity contribution in [3.8, 4) is 6.07 Å². The number of hydrogen-bond acceptors (Lipinski definition) is 3. The van der Waals surface area contributed by atoms with Gasteiger partial charge in [0.25, 0.3) is 0 Å². The van der Waals surface area contributed by atoms with Crippen molar-refractivity contribution in [2.24, 2.45) is 7.05 Å². The van der Waals surface area contributed by atoms with Gasteiger partial charge in [-0.15, -0.1) is 0 Å². The van der Waals surface area contributed by atoms with Gasteiger partial charge in [-0.3, -0.25) is 4.90 Å². The highest BCUT2D eigenvalue weighted by Gasteiger charge is 2.13. The molecule has 0 saturated carbocycles. The minimum atomic E-state index is 0.326. The lowest BCUT2D eigenvalue weighted by Gasteiger charge is -2.24. The fourth-order valence-electron chi connectivity index (χ4n) is 1.62. The fraction of sp³-hybridized carbons (Fsp3) is 0.636. The first kappa shape index (κ1) is 11.7. The van der Waals surface area contributed by atoms with Crippen LogP contribution in [0.3, 0.4) is 0 Å². The molecule has 0 aliphatic rings. The molecule has 0 radical (unpaired) electrons. The van der Waals surface area contributed by atoms with Crippen molar-refractivity contribution in [2.75, 3.05) is 7.05 Å². The summed E-state index contributed by atoms with van der Waals surface area (Å²) < 4.78 is 2.01. The lowest BCUT2D eigenvalue weighted by Crippen LogP contribution is -2.31. The summed E-state index contributed by atoms with van der Waals surface area (Å²) in [4.78, 5) is 6.46. The number of hydrogen-bond donors (Lipinski definition) is 0. The van der Waals surface area contributed by atoms with Crippen LogP contribution in [0.1, 0.15) is 25.6 Å². The maximum Gasteiger partial charge on any atom is 0.122 e. The second kappa shape index (κ2) is 5.52. The molecule has 1 rings (SSSR count). The Morgan fingerprint density at radius 2 is 2.40 bits per heavy atom. The van der Waals surface area contributed by atoms with Crippen molar-refractivity contribution in [3.63, 3.8) is 0 Å². The van der Waals surface area contributed by atoms with Crippen LogP contribution in [0.5, 0.6) is 0 Å². The number of aromatic nitrogens is 2. The van der Waals surface area contributed by atoms with Gasteiger partial charge in [-0.2, -0.15) is 5.26 Å². The van der Waals surface area contributed by atoms with Crippen LogP contribution in [0.15, 0.2) is 12.4 Å². The Morgan fingerprint density at radius 1 is 1.67 bits per heavy atom. The van der Waals surface area contributed by atoms with E-state index in [1.54, 1.807) is 6.20 Å². The molecule has 0 aliphatic carbocycles. The van der Waals surface area contributed by atoms with Gasteiger partial charge < -0.3 is 4.57 Å². The Morgan fingerprint density at radius 3 is 2.87 bits per heavy atom. The van der Waals surface area contributed by atoms with Gasteiger partial charge in [0.15, 0.2) is 0 Å². The number of nitrogens with zero attached hydrogens (tertiary/aromatic N) is 4. The third-order valence-electron chi connectivity index (χ3n) is 2.73. The maximum atomic E-state index is 8.70. The first-order valence-electron chi connectivity index (χ1n) is 5.22. The molecule has 4 heteroatoms. The molecule has 0 fully saturated rings. The second-order valence-corrected chi connectivity index (χ2v) is 3.79. The molecule has 4 nitrogen and oxygen atoms in total. The van der Waals surface area contributed by atoms with E-state index in [1.807, 2.05) is 24.9 Å². The summed E-state index contributed by atoms with van der Waals surface area (Å²) in [7, 11) is 4.03. The van der Waals surface area contributed by atoms with Crippen LogP contribution >= 0.6 is 0 Å². The smallest absolute Gasteiger partial charge is 0.122 e. The highest BCUT2D eigenvalue weighted by atomic mass is 15.2. The predicted molar refractivity (Wildman–Crippen MR) is 59.0 cm³/mol. The molecular weight excluding hydrogens is 188 g/mol. The molecule has 1 aromatic rings. The summed E-state index contributed by atoms with van der Waals surface area (Å²) in [6, 6.07) is 2.55. The third kappa shape index (κ3) is 3.07. The van der Waals surface area contributed by atoms with E-state index >= 15 is 0 Å². The first-order chi connectivity index (χ1) is 7.19. The van der Waals surface area contributed by atoms with E-state index in [1.165, 1.54) is 0 Å². The molecule has 0 spiro atoms. The van der Waals surface area contributed by atoms with Crippen molar-refractivity contribution in [2.45, 2.75) is 32.4 Å². The van der Waals surface area contributed by atoms with Crippen molar-refractivity contribution in [1.82, 2.24) is 14.5 Å². The summed E-state index contributed by atoms with van der Waals surface area (Å²) in [6.07, 6.45) is 5.31. The molecule has 15 heavy (non-hydrogen) atoms. The lowest BCUT2D eigenvalue weighted by atomic mass is 10.1. The Labute approximate surface area is 91.1 Å². The van der Waals surface area contributed by atoms with E-state index in [9.17, 15) is 0 Å². The van der Waals surface area contributed by atoms with E-state index in [0.29, 0.717) is 12.5 Å². The van der Waals surface area contributed by atoms with E-state index in [-0.39, 0.29) is 0 Å². The molecule has 1 aromatic heterocycles.